The number of nitro groups is 1. The van der Waals surface area contributed by atoms with Gasteiger partial charge in [-0.3, -0.25) is 10.1 Å². The molecule has 4 nitrogen and oxygen atoms in total. The molecule has 0 N–H and O–H groups in total. The average Bonchev–Trinajstić information content (AvgIpc) is 2.08. The third-order valence-electron chi connectivity index (χ3n) is 1.54. The number of hydrogen-bond acceptors (Lipinski definition) is 4. The van der Waals surface area contributed by atoms with Gasteiger partial charge in [0.1, 0.15) is 10.3 Å². The molecule has 1 rings (SSSR count). The molecule has 0 spiro atoms. The van der Waals surface area contributed by atoms with E-state index in [-0.39, 0.29) is 5.69 Å². The minimum absolute atomic E-state index is 0.00782. The molecule has 0 aliphatic heterocycles. The molecule has 0 saturated heterocycles. The summed E-state index contributed by atoms with van der Waals surface area (Å²) in [4.78, 5) is 10.5. The third kappa shape index (κ3) is 1.98. The van der Waals surface area contributed by atoms with Crippen molar-refractivity contribution < 1.29 is 4.92 Å². The molecule has 0 radical (unpaired) electrons. The molecule has 1 aromatic carbocycles. The smallest absolute Gasteiger partial charge is 0.258 e. The molecular weight excluding hydrogens is 188 g/mol. The predicted octanol–water partition coefficient (Wildman–Crippen LogP) is 2.48. The molecule has 0 amide bonds. The highest BCUT2D eigenvalue weighted by atomic mass is 32.2. The number of rotatable bonds is 2. The monoisotopic (exact) mass is 194 g/mol. The second kappa shape index (κ2) is 3.92. The largest absolute Gasteiger partial charge is 0.284 e. The van der Waals surface area contributed by atoms with E-state index < -0.39 is 4.92 Å². The summed E-state index contributed by atoms with van der Waals surface area (Å²) < 4.78 is 0. The first-order valence-electron chi connectivity index (χ1n) is 3.46. The quantitative estimate of drug-likeness (QED) is 0.314. The third-order valence-corrected chi connectivity index (χ3v) is 2.36. The van der Waals surface area contributed by atoms with Gasteiger partial charge in [0.2, 0.25) is 0 Å². The maximum Gasteiger partial charge on any atom is 0.284 e. The number of nitrogens with zero attached hydrogens (tertiary/aromatic N) is 2. The van der Waals surface area contributed by atoms with E-state index in [0.717, 1.165) is 17.3 Å². The number of thioether (sulfide) groups is 1. The van der Waals surface area contributed by atoms with Gasteiger partial charge < -0.3 is 0 Å². The Morgan fingerprint density at radius 3 is 2.85 bits per heavy atom. The van der Waals surface area contributed by atoms with Crippen molar-refractivity contribution in [3.8, 4) is 5.40 Å². The minimum Gasteiger partial charge on any atom is -0.258 e. The lowest BCUT2D eigenvalue weighted by Gasteiger charge is -2.00. The van der Waals surface area contributed by atoms with E-state index in [2.05, 4.69) is 0 Å². The van der Waals surface area contributed by atoms with Gasteiger partial charge in [-0.15, -0.1) is 0 Å². The highest BCUT2D eigenvalue weighted by Gasteiger charge is 2.15. The SMILES string of the molecule is Cc1cccc([N+](=O)[O-])c1SC#N. The summed E-state index contributed by atoms with van der Waals surface area (Å²) in [5.41, 5.74) is 0.743. The standard InChI is InChI=1S/C8H6N2O2S/c1-6-3-2-4-7(10(11)12)8(6)13-5-9/h2-4H,1H3. The van der Waals surface area contributed by atoms with Crippen LogP contribution in [0.5, 0.6) is 0 Å². The lowest BCUT2D eigenvalue weighted by atomic mass is 10.2. The van der Waals surface area contributed by atoms with Gasteiger partial charge in [-0.1, -0.05) is 12.1 Å². The van der Waals surface area contributed by atoms with Crippen LogP contribution in [0.1, 0.15) is 5.56 Å². The Morgan fingerprint density at radius 1 is 1.62 bits per heavy atom. The zero-order chi connectivity index (χ0) is 9.84. The number of hydrogen-bond donors (Lipinski definition) is 0. The van der Waals surface area contributed by atoms with Crippen LogP contribution in [0, 0.1) is 27.7 Å². The fourth-order valence-electron chi connectivity index (χ4n) is 0.959. The van der Waals surface area contributed by atoms with Gasteiger partial charge in [0.25, 0.3) is 5.69 Å². The van der Waals surface area contributed by atoms with Crippen molar-refractivity contribution in [2.24, 2.45) is 0 Å². The fourth-order valence-corrected chi connectivity index (χ4v) is 1.53. The Bertz CT molecular complexity index is 384. The second-order valence-electron chi connectivity index (χ2n) is 2.37. The lowest BCUT2D eigenvalue weighted by Crippen LogP contribution is -1.91. The topological polar surface area (TPSA) is 66.9 Å². The van der Waals surface area contributed by atoms with Gasteiger partial charge in [-0.2, -0.15) is 5.26 Å². The predicted molar refractivity (Wildman–Crippen MR) is 49.3 cm³/mol. The maximum atomic E-state index is 10.5. The van der Waals surface area contributed by atoms with Gasteiger partial charge in [0.15, 0.2) is 0 Å². The molecule has 0 heterocycles. The fraction of sp³-hybridized carbons (Fsp3) is 0.125. The summed E-state index contributed by atoms with van der Waals surface area (Å²) in [7, 11) is 0. The number of nitro benzene ring substituents is 1. The van der Waals surface area contributed by atoms with E-state index in [0.29, 0.717) is 4.90 Å². The highest BCUT2D eigenvalue weighted by molar-refractivity contribution is 8.03. The summed E-state index contributed by atoms with van der Waals surface area (Å²) in [5, 5.41) is 20.8. The average molecular weight is 194 g/mol. The first kappa shape index (κ1) is 9.55. The number of benzene rings is 1. The first-order chi connectivity index (χ1) is 6.16. The molecule has 0 unspecified atom stereocenters. The van der Waals surface area contributed by atoms with Crippen LogP contribution in [0.4, 0.5) is 5.69 Å². The second-order valence-corrected chi connectivity index (χ2v) is 3.17. The zero-order valence-corrected chi connectivity index (χ0v) is 7.67. The Balaban J connectivity index is 3.27. The first-order valence-corrected chi connectivity index (χ1v) is 4.28. The molecule has 0 saturated carbocycles. The molecule has 0 bridgehead atoms. The summed E-state index contributed by atoms with van der Waals surface area (Å²) in [5.74, 6) is 0. The molecule has 5 heteroatoms. The zero-order valence-electron chi connectivity index (χ0n) is 6.85. The Labute approximate surface area is 79.3 Å². The number of aryl methyl sites for hydroxylation is 1. The molecule has 0 aliphatic carbocycles. The molecule has 66 valence electrons. The molecule has 0 aromatic heterocycles. The van der Waals surface area contributed by atoms with Crippen LogP contribution in [0.25, 0.3) is 0 Å². The highest BCUT2D eigenvalue weighted by Crippen LogP contribution is 2.31. The molecule has 0 fully saturated rings. The summed E-state index contributed by atoms with van der Waals surface area (Å²) in [6, 6.07) is 4.74. The van der Waals surface area contributed by atoms with Gasteiger partial charge >= 0.3 is 0 Å². The lowest BCUT2D eigenvalue weighted by molar-refractivity contribution is -0.387. The van der Waals surface area contributed by atoms with Gasteiger partial charge in [0, 0.05) is 6.07 Å². The molecule has 13 heavy (non-hydrogen) atoms. The maximum absolute atomic E-state index is 10.5. The van der Waals surface area contributed by atoms with E-state index >= 15 is 0 Å². The van der Waals surface area contributed by atoms with E-state index in [4.69, 9.17) is 5.26 Å². The van der Waals surface area contributed by atoms with E-state index in [9.17, 15) is 10.1 Å². The van der Waals surface area contributed by atoms with Gasteiger partial charge in [-0.25, -0.2) is 0 Å². The van der Waals surface area contributed by atoms with Crippen LogP contribution < -0.4 is 0 Å². The van der Waals surface area contributed by atoms with Crippen LogP contribution in [-0.4, -0.2) is 4.92 Å². The van der Waals surface area contributed by atoms with Crippen LogP contribution >= 0.6 is 11.8 Å². The molecular formula is C8H6N2O2S. The minimum atomic E-state index is -0.479. The van der Waals surface area contributed by atoms with Crippen molar-refractivity contribution in [3.63, 3.8) is 0 Å². The van der Waals surface area contributed by atoms with Crippen molar-refractivity contribution in [1.82, 2.24) is 0 Å². The van der Waals surface area contributed by atoms with Gasteiger partial charge in [0.05, 0.1) is 4.92 Å². The number of thiocyanates is 1. The Kier molecular flexibility index (Phi) is 2.88. The molecule has 0 atom stereocenters. The molecule has 1 aromatic rings. The van der Waals surface area contributed by atoms with E-state index in [1.807, 2.05) is 5.40 Å². The molecule has 0 aliphatic rings. The van der Waals surface area contributed by atoms with Crippen LogP contribution in [0.15, 0.2) is 23.1 Å². The van der Waals surface area contributed by atoms with Crippen molar-refractivity contribution in [2.75, 3.05) is 0 Å². The van der Waals surface area contributed by atoms with Crippen molar-refractivity contribution >= 4 is 17.4 Å². The van der Waals surface area contributed by atoms with Crippen LogP contribution in [0.2, 0.25) is 0 Å². The van der Waals surface area contributed by atoms with Crippen molar-refractivity contribution in [3.05, 3.63) is 33.9 Å². The van der Waals surface area contributed by atoms with Crippen molar-refractivity contribution in [2.45, 2.75) is 11.8 Å². The normalized spacial score (nSPS) is 9.23. The van der Waals surface area contributed by atoms with E-state index in [1.165, 1.54) is 6.07 Å². The summed E-state index contributed by atoms with van der Waals surface area (Å²) in [6.07, 6.45) is 0. The summed E-state index contributed by atoms with van der Waals surface area (Å²) >= 11 is 0.821. The van der Waals surface area contributed by atoms with Crippen LogP contribution in [-0.2, 0) is 0 Å². The van der Waals surface area contributed by atoms with Crippen molar-refractivity contribution in [1.29, 1.82) is 5.26 Å². The number of nitriles is 1. The Hall–Kier alpha value is -1.54. The summed E-state index contributed by atoms with van der Waals surface area (Å²) in [6.45, 7) is 1.74. The Morgan fingerprint density at radius 2 is 2.31 bits per heavy atom. The van der Waals surface area contributed by atoms with Gasteiger partial charge in [-0.05, 0) is 24.2 Å². The van der Waals surface area contributed by atoms with Crippen LogP contribution in [0.3, 0.4) is 0 Å². The van der Waals surface area contributed by atoms with E-state index in [1.54, 1.807) is 19.1 Å².